The Hall–Kier alpha value is -1.06. The van der Waals surface area contributed by atoms with Gasteiger partial charge in [0.1, 0.15) is 11.5 Å². The first-order chi connectivity index (χ1) is 8.13. The van der Waals surface area contributed by atoms with Crippen molar-refractivity contribution in [3.05, 3.63) is 45.5 Å². The lowest BCUT2D eigenvalue weighted by Gasteiger charge is -2.11. The van der Waals surface area contributed by atoms with E-state index in [1.165, 1.54) is 9.75 Å². The van der Waals surface area contributed by atoms with Crippen LogP contribution in [-0.2, 0) is 13.0 Å². The highest BCUT2D eigenvalue weighted by Crippen LogP contribution is 2.16. The standard InChI is InChI=1S/C14H19NOS/c1-10(8-14-7-5-12(3)17-14)15-9-13-6-4-11(2)16-13/h4-7,10,15H,8-9H2,1-3H3. The molecule has 2 heterocycles. The van der Waals surface area contributed by atoms with Gasteiger partial charge in [-0.3, -0.25) is 0 Å². The second-order valence-corrected chi connectivity index (χ2v) is 5.88. The molecule has 0 aromatic carbocycles. The maximum absolute atomic E-state index is 5.53. The molecule has 17 heavy (non-hydrogen) atoms. The molecule has 92 valence electrons. The van der Waals surface area contributed by atoms with Crippen molar-refractivity contribution in [3.8, 4) is 0 Å². The number of nitrogens with one attached hydrogen (secondary N) is 1. The van der Waals surface area contributed by atoms with Gasteiger partial charge in [-0.25, -0.2) is 0 Å². The molecule has 2 rings (SSSR count). The topological polar surface area (TPSA) is 25.2 Å². The van der Waals surface area contributed by atoms with Gasteiger partial charge in [0.15, 0.2) is 0 Å². The molecule has 0 bridgehead atoms. The van der Waals surface area contributed by atoms with Crippen molar-refractivity contribution in [1.29, 1.82) is 0 Å². The first-order valence-electron chi connectivity index (χ1n) is 5.97. The molecule has 1 unspecified atom stereocenters. The van der Waals surface area contributed by atoms with E-state index in [2.05, 4.69) is 31.3 Å². The van der Waals surface area contributed by atoms with E-state index in [-0.39, 0.29) is 0 Å². The number of hydrogen-bond acceptors (Lipinski definition) is 3. The molecular weight excluding hydrogens is 230 g/mol. The first-order valence-corrected chi connectivity index (χ1v) is 6.79. The van der Waals surface area contributed by atoms with Crippen molar-refractivity contribution >= 4 is 11.3 Å². The summed E-state index contributed by atoms with van der Waals surface area (Å²) in [5.74, 6) is 1.99. The Morgan fingerprint density at radius 3 is 2.65 bits per heavy atom. The van der Waals surface area contributed by atoms with Crippen molar-refractivity contribution in [2.24, 2.45) is 0 Å². The Morgan fingerprint density at radius 1 is 1.24 bits per heavy atom. The van der Waals surface area contributed by atoms with Crippen LogP contribution in [0.25, 0.3) is 0 Å². The average molecular weight is 249 g/mol. The van der Waals surface area contributed by atoms with Gasteiger partial charge in [0, 0.05) is 15.8 Å². The van der Waals surface area contributed by atoms with Crippen LogP contribution in [0.2, 0.25) is 0 Å². The van der Waals surface area contributed by atoms with Crippen LogP contribution in [0.4, 0.5) is 0 Å². The Balaban J connectivity index is 1.79. The van der Waals surface area contributed by atoms with Gasteiger partial charge in [-0.15, -0.1) is 11.3 Å². The third kappa shape index (κ3) is 3.72. The normalized spacial score (nSPS) is 12.9. The highest BCUT2D eigenvalue weighted by molar-refractivity contribution is 7.11. The average Bonchev–Trinajstić information content (AvgIpc) is 2.85. The number of furan rings is 1. The fourth-order valence-electron chi connectivity index (χ4n) is 1.82. The van der Waals surface area contributed by atoms with Crippen LogP contribution in [0.3, 0.4) is 0 Å². The molecule has 0 amide bonds. The molecule has 0 spiro atoms. The Labute approximate surface area is 107 Å². The van der Waals surface area contributed by atoms with Gasteiger partial charge in [0.2, 0.25) is 0 Å². The number of rotatable bonds is 5. The van der Waals surface area contributed by atoms with Crippen molar-refractivity contribution in [1.82, 2.24) is 5.32 Å². The summed E-state index contributed by atoms with van der Waals surface area (Å²) < 4.78 is 5.53. The molecule has 2 nitrogen and oxygen atoms in total. The van der Waals surface area contributed by atoms with E-state index in [0.717, 1.165) is 24.5 Å². The minimum Gasteiger partial charge on any atom is -0.465 e. The van der Waals surface area contributed by atoms with Gasteiger partial charge in [-0.2, -0.15) is 0 Å². The number of thiophene rings is 1. The SMILES string of the molecule is Cc1ccc(CNC(C)Cc2ccc(C)s2)o1. The van der Waals surface area contributed by atoms with Crippen LogP contribution in [0.5, 0.6) is 0 Å². The Bertz CT molecular complexity index is 472. The smallest absolute Gasteiger partial charge is 0.117 e. The fourth-order valence-corrected chi connectivity index (χ4v) is 2.84. The van der Waals surface area contributed by atoms with Gasteiger partial charge in [0.25, 0.3) is 0 Å². The highest BCUT2D eigenvalue weighted by Gasteiger charge is 2.06. The molecule has 0 aliphatic rings. The lowest BCUT2D eigenvalue weighted by Crippen LogP contribution is -2.27. The quantitative estimate of drug-likeness (QED) is 0.874. The minimum atomic E-state index is 0.471. The summed E-state index contributed by atoms with van der Waals surface area (Å²) in [6.45, 7) is 7.14. The van der Waals surface area contributed by atoms with Crippen LogP contribution in [0, 0.1) is 13.8 Å². The summed E-state index contributed by atoms with van der Waals surface area (Å²) in [5.41, 5.74) is 0. The summed E-state index contributed by atoms with van der Waals surface area (Å²) in [6, 6.07) is 8.91. The Morgan fingerprint density at radius 2 is 2.06 bits per heavy atom. The van der Waals surface area contributed by atoms with Crippen LogP contribution in [-0.4, -0.2) is 6.04 Å². The maximum atomic E-state index is 5.53. The summed E-state index contributed by atoms with van der Waals surface area (Å²) in [4.78, 5) is 2.83. The van der Waals surface area contributed by atoms with Crippen molar-refractivity contribution in [2.45, 2.75) is 39.8 Å². The molecular formula is C14H19NOS. The predicted octanol–water partition coefficient (Wildman–Crippen LogP) is 3.68. The Kier molecular flexibility index (Phi) is 4.02. The molecule has 0 saturated heterocycles. The molecule has 1 N–H and O–H groups in total. The number of hydrogen-bond donors (Lipinski definition) is 1. The molecule has 2 aromatic heterocycles. The second kappa shape index (κ2) is 5.52. The van der Waals surface area contributed by atoms with Crippen molar-refractivity contribution < 1.29 is 4.42 Å². The van der Waals surface area contributed by atoms with Crippen molar-refractivity contribution in [2.75, 3.05) is 0 Å². The summed E-state index contributed by atoms with van der Waals surface area (Å²) in [5, 5.41) is 3.48. The van der Waals surface area contributed by atoms with E-state index in [1.807, 2.05) is 30.4 Å². The van der Waals surface area contributed by atoms with E-state index < -0.39 is 0 Å². The van der Waals surface area contributed by atoms with Crippen LogP contribution in [0.15, 0.2) is 28.7 Å². The molecule has 1 atom stereocenters. The third-order valence-corrected chi connectivity index (χ3v) is 3.75. The van der Waals surface area contributed by atoms with Gasteiger partial charge in [-0.1, -0.05) is 0 Å². The summed E-state index contributed by atoms with van der Waals surface area (Å²) >= 11 is 1.88. The van der Waals surface area contributed by atoms with Gasteiger partial charge < -0.3 is 9.73 Å². The molecule has 0 fully saturated rings. The first kappa shape index (κ1) is 12.4. The number of aryl methyl sites for hydroxylation is 2. The van der Waals surface area contributed by atoms with Gasteiger partial charge in [0.05, 0.1) is 6.54 Å². The lowest BCUT2D eigenvalue weighted by atomic mass is 10.2. The molecule has 0 aliphatic carbocycles. The molecule has 0 aliphatic heterocycles. The minimum absolute atomic E-state index is 0.471. The molecule has 0 radical (unpaired) electrons. The van der Waals surface area contributed by atoms with E-state index in [9.17, 15) is 0 Å². The predicted molar refractivity (Wildman–Crippen MR) is 72.5 cm³/mol. The largest absolute Gasteiger partial charge is 0.465 e. The van der Waals surface area contributed by atoms with Crippen LogP contribution in [0.1, 0.15) is 28.2 Å². The fraction of sp³-hybridized carbons (Fsp3) is 0.429. The van der Waals surface area contributed by atoms with Crippen LogP contribution < -0.4 is 5.32 Å². The van der Waals surface area contributed by atoms with E-state index in [0.29, 0.717) is 6.04 Å². The third-order valence-electron chi connectivity index (χ3n) is 2.72. The summed E-state index contributed by atoms with van der Waals surface area (Å²) in [7, 11) is 0. The molecule has 2 aromatic rings. The molecule has 3 heteroatoms. The van der Waals surface area contributed by atoms with Crippen LogP contribution >= 0.6 is 11.3 Å². The zero-order chi connectivity index (χ0) is 12.3. The van der Waals surface area contributed by atoms with E-state index in [1.54, 1.807) is 0 Å². The second-order valence-electron chi connectivity index (χ2n) is 4.51. The zero-order valence-electron chi connectivity index (χ0n) is 10.6. The molecule has 0 saturated carbocycles. The zero-order valence-corrected chi connectivity index (χ0v) is 11.4. The van der Waals surface area contributed by atoms with Gasteiger partial charge >= 0.3 is 0 Å². The van der Waals surface area contributed by atoms with E-state index in [4.69, 9.17) is 4.42 Å². The van der Waals surface area contributed by atoms with Crippen molar-refractivity contribution in [3.63, 3.8) is 0 Å². The maximum Gasteiger partial charge on any atom is 0.117 e. The van der Waals surface area contributed by atoms with Gasteiger partial charge in [-0.05, 0) is 51.5 Å². The monoisotopic (exact) mass is 249 g/mol. The van der Waals surface area contributed by atoms with E-state index >= 15 is 0 Å². The lowest BCUT2D eigenvalue weighted by molar-refractivity contribution is 0.439. The summed E-state index contributed by atoms with van der Waals surface area (Å²) in [6.07, 6.45) is 1.08. The highest BCUT2D eigenvalue weighted by atomic mass is 32.1.